The van der Waals surface area contributed by atoms with Gasteiger partial charge in [0.25, 0.3) is 11.1 Å². The summed E-state index contributed by atoms with van der Waals surface area (Å²) < 4.78 is 21.4. The highest BCUT2D eigenvalue weighted by molar-refractivity contribution is 8.18. The van der Waals surface area contributed by atoms with E-state index in [4.69, 9.17) is 4.74 Å². The number of thioether (sulfide) groups is 1. The number of benzene rings is 3. The first-order chi connectivity index (χ1) is 17.0. The van der Waals surface area contributed by atoms with Gasteiger partial charge in [-0.25, -0.2) is 4.39 Å². The minimum atomic E-state index is -0.325. The third-order valence-corrected chi connectivity index (χ3v) is 6.73. The number of rotatable bonds is 7. The molecule has 1 aliphatic heterocycles. The molecule has 1 aliphatic rings. The van der Waals surface area contributed by atoms with Crippen molar-refractivity contribution in [3.05, 3.63) is 106 Å². The van der Waals surface area contributed by atoms with Gasteiger partial charge in [-0.3, -0.25) is 14.5 Å². The van der Waals surface area contributed by atoms with Crippen LogP contribution in [0.1, 0.15) is 16.7 Å². The Bertz CT molecular complexity index is 1440. The average Bonchev–Trinajstić information content (AvgIpc) is 3.32. The Labute approximate surface area is 206 Å². The predicted octanol–water partition coefficient (Wildman–Crippen LogP) is 6.25. The summed E-state index contributed by atoms with van der Waals surface area (Å²) in [4.78, 5) is 27.1. The van der Waals surface area contributed by atoms with E-state index in [2.05, 4.69) is 0 Å². The number of halogens is 1. The second-order valence-corrected chi connectivity index (χ2v) is 9.35. The zero-order chi connectivity index (χ0) is 24.4. The predicted molar refractivity (Wildman–Crippen MR) is 137 cm³/mol. The summed E-state index contributed by atoms with van der Waals surface area (Å²) in [5, 5.41) is 0.649. The highest BCUT2D eigenvalue weighted by atomic mass is 32.2. The Morgan fingerprint density at radius 3 is 2.60 bits per heavy atom. The molecule has 7 heteroatoms. The van der Waals surface area contributed by atoms with E-state index >= 15 is 0 Å². The van der Waals surface area contributed by atoms with Crippen molar-refractivity contribution in [1.82, 2.24) is 9.47 Å². The van der Waals surface area contributed by atoms with E-state index in [0.717, 1.165) is 39.4 Å². The Kier molecular flexibility index (Phi) is 6.42. The number of imide groups is 1. The van der Waals surface area contributed by atoms with Gasteiger partial charge in [-0.15, -0.1) is 0 Å². The molecular weight excluding hydrogens is 463 g/mol. The van der Waals surface area contributed by atoms with Crippen LogP contribution in [0.25, 0.3) is 17.0 Å². The van der Waals surface area contributed by atoms with Crippen LogP contribution in [-0.4, -0.2) is 33.8 Å². The minimum absolute atomic E-state index is 0.178. The van der Waals surface area contributed by atoms with E-state index in [1.807, 2.05) is 72.3 Å². The van der Waals surface area contributed by atoms with E-state index in [9.17, 15) is 14.0 Å². The van der Waals surface area contributed by atoms with Gasteiger partial charge < -0.3 is 9.30 Å². The molecule has 0 saturated carbocycles. The van der Waals surface area contributed by atoms with Crippen molar-refractivity contribution in [2.45, 2.75) is 13.5 Å². The Balaban J connectivity index is 1.34. The number of para-hydroxylation sites is 1. The van der Waals surface area contributed by atoms with Crippen LogP contribution in [0.3, 0.4) is 0 Å². The minimum Gasteiger partial charge on any atom is -0.492 e. The molecule has 0 atom stereocenters. The maximum absolute atomic E-state index is 13.7. The van der Waals surface area contributed by atoms with E-state index in [1.54, 1.807) is 12.1 Å². The molecule has 1 saturated heterocycles. The number of nitrogens with zero attached hydrogens (tertiary/aromatic N) is 2. The molecule has 35 heavy (non-hydrogen) atoms. The lowest BCUT2D eigenvalue weighted by Crippen LogP contribution is -2.32. The molecule has 5 nitrogen and oxygen atoms in total. The molecule has 3 aromatic carbocycles. The third-order valence-electron chi connectivity index (χ3n) is 5.83. The monoisotopic (exact) mass is 486 g/mol. The molecule has 0 bridgehead atoms. The maximum Gasteiger partial charge on any atom is 0.293 e. The van der Waals surface area contributed by atoms with Crippen molar-refractivity contribution >= 4 is 39.9 Å². The maximum atomic E-state index is 13.7. The fourth-order valence-corrected chi connectivity index (χ4v) is 4.93. The van der Waals surface area contributed by atoms with Crippen LogP contribution < -0.4 is 4.74 Å². The zero-order valence-electron chi connectivity index (χ0n) is 19.1. The van der Waals surface area contributed by atoms with E-state index in [1.165, 1.54) is 17.0 Å². The van der Waals surface area contributed by atoms with Crippen LogP contribution in [0.15, 0.2) is 83.9 Å². The molecule has 1 fully saturated rings. The van der Waals surface area contributed by atoms with E-state index < -0.39 is 0 Å². The van der Waals surface area contributed by atoms with Gasteiger partial charge in [0, 0.05) is 29.2 Å². The fraction of sp³-hybridized carbons (Fsp3) is 0.143. The van der Waals surface area contributed by atoms with Crippen molar-refractivity contribution in [1.29, 1.82) is 0 Å². The summed E-state index contributed by atoms with van der Waals surface area (Å²) >= 11 is 0.933. The molecule has 0 radical (unpaired) electrons. The van der Waals surface area contributed by atoms with Gasteiger partial charge in [0.05, 0.1) is 11.4 Å². The lowest BCUT2D eigenvalue weighted by molar-refractivity contribution is -0.123. The van der Waals surface area contributed by atoms with Crippen LogP contribution in [0.5, 0.6) is 5.75 Å². The summed E-state index contributed by atoms with van der Waals surface area (Å²) in [6.45, 7) is 2.89. The molecule has 2 amide bonds. The lowest BCUT2D eigenvalue weighted by atomic mass is 10.1. The first-order valence-corrected chi connectivity index (χ1v) is 12.1. The zero-order valence-corrected chi connectivity index (χ0v) is 19.9. The number of aromatic nitrogens is 1. The quantitative estimate of drug-likeness (QED) is 0.290. The number of carbonyl (C=O) groups excluding carboxylic acids is 2. The summed E-state index contributed by atoms with van der Waals surface area (Å²) in [5.74, 6) is 0.0953. The van der Waals surface area contributed by atoms with Crippen molar-refractivity contribution < 1.29 is 18.7 Å². The average molecular weight is 487 g/mol. The number of fused-ring (bicyclic) bond motifs is 1. The first-order valence-electron chi connectivity index (χ1n) is 11.2. The molecule has 5 rings (SSSR count). The standard InChI is InChI=1S/C28H23FN2O3S/c1-19-9-11-23(12-10-19)34-14-13-31-27(32)26(35-28(31)33)16-21-18-30(25-8-3-2-7-24(21)25)17-20-5-4-6-22(29)15-20/h2-12,15-16,18H,13-14,17H2,1H3/b26-16-. The summed E-state index contributed by atoms with van der Waals surface area (Å²) in [5.41, 5.74) is 3.77. The molecule has 4 aromatic rings. The number of carbonyl (C=O) groups is 2. The molecule has 0 aliphatic carbocycles. The van der Waals surface area contributed by atoms with Crippen LogP contribution >= 0.6 is 11.8 Å². The highest BCUT2D eigenvalue weighted by Crippen LogP contribution is 2.34. The second-order valence-electron chi connectivity index (χ2n) is 8.35. The molecule has 0 N–H and O–H groups in total. The van der Waals surface area contributed by atoms with Gasteiger partial charge in [-0.05, 0) is 60.7 Å². The summed E-state index contributed by atoms with van der Waals surface area (Å²) in [6, 6.07) is 22.0. The van der Waals surface area contributed by atoms with Crippen LogP contribution in [0.2, 0.25) is 0 Å². The smallest absolute Gasteiger partial charge is 0.293 e. The van der Waals surface area contributed by atoms with Gasteiger partial charge in [0.15, 0.2) is 0 Å². The summed E-state index contributed by atoms with van der Waals surface area (Å²) in [6.07, 6.45) is 3.69. The van der Waals surface area contributed by atoms with E-state index in [0.29, 0.717) is 17.2 Å². The largest absolute Gasteiger partial charge is 0.492 e. The summed E-state index contributed by atoms with van der Waals surface area (Å²) in [7, 11) is 0. The molecule has 0 spiro atoms. The van der Waals surface area contributed by atoms with Crippen molar-refractivity contribution in [2.75, 3.05) is 13.2 Å². The van der Waals surface area contributed by atoms with Crippen LogP contribution in [0.4, 0.5) is 9.18 Å². The number of amides is 2. The van der Waals surface area contributed by atoms with Gasteiger partial charge in [0.1, 0.15) is 18.2 Å². The SMILES string of the molecule is Cc1ccc(OCCN2C(=O)S/C(=C\c3cn(Cc4cccc(F)c4)c4ccccc34)C2=O)cc1. The van der Waals surface area contributed by atoms with Crippen LogP contribution in [-0.2, 0) is 11.3 Å². The normalized spacial score (nSPS) is 14.9. The van der Waals surface area contributed by atoms with Crippen molar-refractivity contribution in [3.8, 4) is 5.75 Å². The Hall–Kier alpha value is -3.84. The van der Waals surface area contributed by atoms with E-state index in [-0.39, 0.29) is 30.1 Å². The second kappa shape index (κ2) is 9.80. The Morgan fingerprint density at radius 1 is 1.00 bits per heavy atom. The van der Waals surface area contributed by atoms with Gasteiger partial charge in [-0.2, -0.15) is 0 Å². The Morgan fingerprint density at radius 2 is 1.80 bits per heavy atom. The third kappa shape index (κ3) is 5.00. The fourth-order valence-electron chi connectivity index (χ4n) is 4.08. The molecular formula is C28H23FN2O3S. The number of aryl methyl sites for hydroxylation is 1. The van der Waals surface area contributed by atoms with Gasteiger partial charge in [0.2, 0.25) is 0 Å². The number of hydrogen-bond acceptors (Lipinski definition) is 4. The number of hydrogen-bond donors (Lipinski definition) is 0. The molecule has 0 unspecified atom stereocenters. The van der Waals surface area contributed by atoms with Crippen molar-refractivity contribution in [3.63, 3.8) is 0 Å². The molecule has 176 valence electrons. The lowest BCUT2D eigenvalue weighted by Gasteiger charge is -2.13. The van der Waals surface area contributed by atoms with Gasteiger partial charge >= 0.3 is 0 Å². The topological polar surface area (TPSA) is 51.5 Å². The van der Waals surface area contributed by atoms with Gasteiger partial charge in [-0.1, -0.05) is 48.0 Å². The number of ether oxygens (including phenoxy) is 1. The molecule has 2 heterocycles. The first kappa shape index (κ1) is 22.9. The molecule has 1 aromatic heterocycles. The van der Waals surface area contributed by atoms with Crippen LogP contribution in [0, 0.1) is 12.7 Å². The highest BCUT2D eigenvalue weighted by Gasteiger charge is 2.35. The van der Waals surface area contributed by atoms with Crippen molar-refractivity contribution in [2.24, 2.45) is 0 Å².